The van der Waals surface area contributed by atoms with Crippen LogP contribution in [0.15, 0.2) is 73.1 Å². The molecule has 0 unspecified atom stereocenters. The first-order valence-electron chi connectivity index (χ1n) is 8.37. The molecule has 26 heavy (non-hydrogen) atoms. The Kier molecular flexibility index (Phi) is 4.15. The van der Waals surface area contributed by atoms with Crippen LogP contribution >= 0.6 is 0 Å². The van der Waals surface area contributed by atoms with E-state index in [1.54, 1.807) is 18.2 Å². The topological polar surface area (TPSA) is 45.3 Å². The molecule has 4 rings (SSSR count). The normalized spacial score (nSPS) is 15.0. The van der Waals surface area contributed by atoms with Crippen molar-refractivity contribution in [3.8, 4) is 5.75 Å². The zero-order valence-electron chi connectivity index (χ0n) is 14.3. The van der Waals surface area contributed by atoms with E-state index in [4.69, 9.17) is 4.74 Å². The van der Waals surface area contributed by atoms with Gasteiger partial charge in [0.25, 0.3) is 5.91 Å². The van der Waals surface area contributed by atoms with E-state index in [2.05, 4.69) is 4.98 Å². The minimum Gasteiger partial charge on any atom is -0.495 e. The second-order valence-corrected chi connectivity index (χ2v) is 5.94. The van der Waals surface area contributed by atoms with Crippen molar-refractivity contribution in [3.63, 3.8) is 0 Å². The molecule has 2 heterocycles. The Morgan fingerprint density at radius 3 is 2.58 bits per heavy atom. The van der Waals surface area contributed by atoms with Gasteiger partial charge in [-0.3, -0.25) is 9.69 Å². The highest BCUT2D eigenvalue weighted by atomic mass is 16.5. The number of para-hydroxylation sites is 1. The average Bonchev–Trinajstić information content (AvgIpc) is 3.24. The van der Waals surface area contributed by atoms with Gasteiger partial charge in [0, 0.05) is 18.0 Å². The molecule has 4 nitrogen and oxygen atoms in total. The SMILES string of the molecule is COc1cc[nH]c1C=C1C(=O)N(/C=C/c2ccccc2)c2ccccc21. The van der Waals surface area contributed by atoms with Gasteiger partial charge >= 0.3 is 0 Å². The van der Waals surface area contributed by atoms with Crippen molar-refractivity contribution in [2.24, 2.45) is 0 Å². The first-order valence-corrected chi connectivity index (χ1v) is 8.37. The fraction of sp³-hybridized carbons (Fsp3) is 0.0455. The van der Waals surface area contributed by atoms with Gasteiger partial charge in [-0.25, -0.2) is 0 Å². The number of hydrogen-bond donors (Lipinski definition) is 1. The molecule has 1 N–H and O–H groups in total. The number of rotatable bonds is 4. The predicted octanol–water partition coefficient (Wildman–Crippen LogP) is 4.58. The van der Waals surface area contributed by atoms with Crippen LogP contribution in [0.25, 0.3) is 17.7 Å². The Morgan fingerprint density at radius 1 is 1.00 bits per heavy atom. The van der Waals surface area contributed by atoms with Gasteiger partial charge < -0.3 is 9.72 Å². The number of anilines is 1. The smallest absolute Gasteiger partial charge is 0.263 e. The molecule has 1 aromatic heterocycles. The summed E-state index contributed by atoms with van der Waals surface area (Å²) in [5.74, 6) is 0.649. The third-order valence-corrected chi connectivity index (χ3v) is 4.37. The summed E-state index contributed by atoms with van der Waals surface area (Å²) in [5.41, 5.74) is 4.24. The van der Waals surface area contributed by atoms with E-state index in [1.807, 2.05) is 79.0 Å². The van der Waals surface area contributed by atoms with Crippen molar-refractivity contribution in [3.05, 3.63) is 89.9 Å². The number of nitrogens with one attached hydrogen (secondary N) is 1. The Balaban J connectivity index is 1.75. The molecule has 3 aromatic rings. The molecule has 0 aliphatic carbocycles. The number of amides is 1. The van der Waals surface area contributed by atoms with Crippen molar-refractivity contribution >= 4 is 29.3 Å². The summed E-state index contributed by atoms with van der Waals surface area (Å²) in [5, 5.41) is 0. The van der Waals surface area contributed by atoms with Gasteiger partial charge in [-0.1, -0.05) is 48.5 Å². The zero-order chi connectivity index (χ0) is 17.9. The van der Waals surface area contributed by atoms with Crippen LogP contribution in [0.2, 0.25) is 0 Å². The van der Waals surface area contributed by atoms with E-state index < -0.39 is 0 Å². The Bertz CT molecular complexity index is 1000. The van der Waals surface area contributed by atoms with E-state index in [0.717, 1.165) is 22.5 Å². The van der Waals surface area contributed by atoms with Crippen LogP contribution in [0.5, 0.6) is 5.75 Å². The number of methoxy groups -OCH3 is 1. The summed E-state index contributed by atoms with van der Waals surface area (Å²) in [6, 6.07) is 19.6. The van der Waals surface area contributed by atoms with Crippen LogP contribution in [0.1, 0.15) is 16.8 Å². The van der Waals surface area contributed by atoms with Gasteiger partial charge in [-0.05, 0) is 29.8 Å². The minimum absolute atomic E-state index is 0.0602. The molecule has 128 valence electrons. The van der Waals surface area contributed by atoms with Gasteiger partial charge in [0.2, 0.25) is 0 Å². The molecular weight excluding hydrogens is 324 g/mol. The van der Waals surface area contributed by atoms with Gasteiger partial charge in [-0.2, -0.15) is 0 Å². The molecule has 0 saturated carbocycles. The summed E-state index contributed by atoms with van der Waals surface area (Å²) in [6.45, 7) is 0. The fourth-order valence-corrected chi connectivity index (χ4v) is 3.08. The van der Waals surface area contributed by atoms with E-state index in [0.29, 0.717) is 11.3 Å². The van der Waals surface area contributed by atoms with Crippen molar-refractivity contribution < 1.29 is 9.53 Å². The highest BCUT2D eigenvalue weighted by Crippen LogP contribution is 2.38. The van der Waals surface area contributed by atoms with Gasteiger partial charge in [0.15, 0.2) is 0 Å². The second-order valence-electron chi connectivity index (χ2n) is 5.94. The Morgan fingerprint density at radius 2 is 1.77 bits per heavy atom. The molecular formula is C22H18N2O2. The molecule has 0 radical (unpaired) electrons. The van der Waals surface area contributed by atoms with E-state index in [1.165, 1.54) is 0 Å². The Labute approximate surface area is 152 Å². The first kappa shape index (κ1) is 16.0. The molecule has 0 saturated heterocycles. The van der Waals surface area contributed by atoms with Crippen molar-refractivity contribution in [2.75, 3.05) is 12.0 Å². The number of aromatic nitrogens is 1. The number of fused-ring (bicyclic) bond motifs is 1. The summed E-state index contributed by atoms with van der Waals surface area (Å²) in [4.78, 5) is 17.9. The number of H-pyrrole nitrogens is 1. The monoisotopic (exact) mass is 342 g/mol. The van der Waals surface area contributed by atoms with Crippen LogP contribution in [-0.4, -0.2) is 18.0 Å². The number of nitrogens with zero attached hydrogens (tertiary/aromatic N) is 1. The Hall–Kier alpha value is -3.53. The van der Waals surface area contributed by atoms with Crippen LogP contribution < -0.4 is 9.64 Å². The van der Waals surface area contributed by atoms with Crippen molar-refractivity contribution in [1.82, 2.24) is 4.98 Å². The number of hydrogen-bond acceptors (Lipinski definition) is 2. The summed E-state index contributed by atoms with van der Waals surface area (Å²) in [7, 11) is 1.62. The van der Waals surface area contributed by atoms with E-state index >= 15 is 0 Å². The van der Waals surface area contributed by atoms with E-state index in [-0.39, 0.29) is 5.91 Å². The maximum atomic E-state index is 13.1. The fourth-order valence-electron chi connectivity index (χ4n) is 3.08. The molecule has 0 spiro atoms. The minimum atomic E-state index is -0.0602. The predicted molar refractivity (Wildman–Crippen MR) is 105 cm³/mol. The largest absolute Gasteiger partial charge is 0.495 e. The second kappa shape index (κ2) is 6.76. The number of ether oxygens (including phenoxy) is 1. The molecule has 2 aromatic carbocycles. The maximum absolute atomic E-state index is 13.1. The summed E-state index contributed by atoms with van der Waals surface area (Å²) >= 11 is 0. The molecule has 0 atom stereocenters. The lowest BCUT2D eigenvalue weighted by Gasteiger charge is -2.11. The first-order chi connectivity index (χ1) is 12.8. The van der Waals surface area contributed by atoms with Crippen LogP contribution in [-0.2, 0) is 4.79 Å². The zero-order valence-corrected chi connectivity index (χ0v) is 14.3. The third-order valence-electron chi connectivity index (χ3n) is 4.37. The number of carbonyl (C=O) groups is 1. The molecule has 1 amide bonds. The average molecular weight is 342 g/mol. The van der Waals surface area contributed by atoms with Gasteiger partial charge in [-0.15, -0.1) is 0 Å². The number of carbonyl (C=O) groups excluding carboxylic acids is 1. The molecule has 4 heteroatoms. The highest BCUT2D eigenvalue weighted by Gasteiger charge is 2.31. The third kappa shape index (κ3) is 2.82. The molecule has 0 fully saturated rings. The van der Waals surface area contributed by atoms with Crippen molar-refractivity contribution in [2.45, 2.75) is 0 Å². The summed E-state index contributed by atoms with van der Waals surface area (Å²) < 4.78 is 5.34. The lowest BCUT2D eigenvalue weighted by molar-refractivity contribution is -0.112. The standard InChI is InChI=1S/C22H18N2O2/c1-26-21-11-13-23-19(21)15-18-17-9-5-6-10-20(17)24(22(18)25)14-12-16-7-3-2-4-8-16/h2-15,23H,1H3/b14-12+,18-15?. The summed E-state index contributed by atoms with van der Waals surface area (Å²) in [6.07, 6.45) is 7.40. The number of aromatic amines is 1. The lowest BCUT2D eigenvalue weighted by atomic mass is 10.1. The van der Waals surface area contributed by atoms with E-state index in [9.17, 15) is 4.79 Å². The highest BCUT2D eigenvalue weighted by molar-refractivity contribution is 6.36. The maximum Gasteiger partial charge on any atom is 0.263 e. The van der Waals surface area contributed by atoms with Crippen LogP contribution in [0, 0.1) is 0 Å². The number of benzene rings is 2. The quantitative estimate of drug-likeness (QED) is 0.705. The van der Waals surface area contributed by atoms with Gasteiger partial charge in [0.05, 0.1) is 24.1 Å². The lowest BCUT2D eigenvalue weighted by Crippen LogP contribution is -2.19. The van der Waals surface area contributed by atoms with Gasteiger partial charge in [0.1, 0.15) is 5.75 Å². The molecule has 1 aliphatic heterocycles. The van der Waals surface area contributed by atoms with Crippen molar-refractivity contribution in [1.29, 1.82) is 0 Å². The molecule has 0 bridgehead atoms. The molecule has 1 aliphatic rings. The van der Waals surface area contributed by atoms with Crippen LogP contribution in [0.3, 0.4) is 0 Å². The van der Waals surface area contributed by atoms with Crippen LogP contribution in [0.4, 0.5) is 5.69 Å².